The molecule has 0 atom stereocenters. The van der Waals surface area contributed by atoms with Crippen molar-refractivity contribution in [3.63, 3.8) is 0 Å². The Morgan fingerprint density at radius 3 is 2.10 bits per heavy atom. The van der Waals surface area contributed by atoms with Crippen molar-refractivity contribution >= 4 is 17.9 Å². The molecule has 2 aromatic rings. The molecule has 1 saturated heterocycles. The summed E-state index contributed by atoms with van der Waals surface area (Å²) in [5.74, 6) is -1.05. The van der Waals surface area contributed by atoms with Crippen molar-refractivity contribution in [2.45, 2.75) is 13.5 Å². The predicted octanol–water partition coefficient (Wildman–Crippen LogP) is 1.28. The highest BCUT2D eigenvalue weighted by Crippen LogP contribution is 2.32. The number of methoxy groups -OCH3 is 2. The summed E-state index contributed by atoms with van der Waals surface area (Å²) in [4.78, 5) is 31.5. The van der Waals surface area contributed by atoms with Gasteiger partial charge >= 0.3 is 11.9 Å². The smallest absolute Gasteiger partial charge is 0.414 e. The number of hydrogen-bond acceptors (Lipinski definition) is 8. The molecular weight excluding hydrogens is 392 g/mol. The lowest BCUT2D eigenvalue weighted by atomic mass is 10.1. The van der Waals surface area contributed by atoms with Crippen LogP contribution >= 0.6 is 0 Å². The number of piperazine rings is 1. The van der Waals surface area contributed by atoms with Gasteiger partial charge in [0.2, 0.25) is 5.95 Å². The van der Waals surface area contributed by atoms with E-state index in [0.717, 1.165) is 55.7 Å². The number of carbonyl (C=O) groups is 2. The Labute approximate surface area is 174 Å². The Kier molecular flexibility index (Phi) is 8.36. The minimum absolute atomic E-state index is 0.815. The Bertz CT molecular complexity index is 842. The molecule has 0 amide bonds. The van der Waals surface area contributed by atoms with Crippen LogP contribution in [0.2, 0.25) is 0 Å². The molecule has 0 bridgehead atoms. The van der Waals surface area contributed by atoms with Crippen LogP contribution in [0.1, 0.15) is 11.1 Å². The zero-order valence-electron chi connectivity index (χ0n) is 17.2. The summed E-state index contributed by atoms with van der Waals surface area (Å²) in [6.07, 6.45) is 3.58. The zero-order chi connectivity index (χ0) is 22.1. The summed E-state index contributed by atoms with van der Waals surface area (Å²) in [5, 5.41) is 14.8. The van der Waals surface area contributed by atoms with Crippen LogP contribution < -0.4 is 14.4 Å². The molecular formula is C20H26N4O6. The second kappa shape index (κ2) is 11.0. The average Bonchev–Trinajstić information content (AvgIpc) is 2.75. The van der Waals surface area contributed by atoms with Crippen LogP contribution in [-0.2, 0) is 16.1 Å². The van der Waals surface area contributed by atoms with Crippen LogP contribution in [-0.4, -0.2) is 77.4 Å². The number of benzene rings is 1. The van der Waals surface area contributed by atoms with Crippen LogP contribution in [0.5, 0.6) is 11.5 Å². The largest absolute Gasteiger partial charge is 0.496 e. The Morgan fingerprint density at radius 1 is 1.00 bits per heavy atom. The van der Waals surface area contributed by atoms with E-state index in [1.165, 1.54) is 5.56 Å². The third kappa shape index (κ3) is 6.05. The molecule has 10 heteroatoms. The van der Waals surface area contributed by atoms with Crippen LogP contribution in [0.15, 0.2) is 30.6 Å². The van der Waals surface area contributed by atoms with E-state index in [0.29, 0.717) is 0 Å². The third-order valence-electron chi connectivity index (χ3n) is 4.65. The first-order valence-corrected chi connectivity index (χ1v) is 9.28. The minimum atomic E-state index is -1.82. The number of carboxylic acid groups (broad SMARTS) is 2. The summed E-state index contributed by atoms with van der Waals surface area (Å²) in [5.41, 5.74) is 2.24. The van der Waals surface area contributed by atoms with Crippen molar-refractivity contribution in [3.05, 3.63) is 41.7 Å². The maximum atomic E-state index is 9.10. The highest BCUT2D eigenvalue weighted by molar-refractivity contribution is 6.27. The van der Waals surface area contributed by atoms with E-state index in [9.17, 15) is 0 Å². The summed E-state index contributed by atoms with van der Waals surface area (Å²) in [7, 11) is 3.41. The van der Waals surface area contributed by atoms with Gasteiger partial charge in [0, 0.05) is 56.2 Å². The molecule has 3 rings (SSSR count). The lowest BCUT2D eigenvalue weighted by Gasteiger charge is -2.35. The Morgan fingerprint density at radius 2 is 1.60 bits per heavy atom. The molecule has 1 fully saturated rings. The van der Waals surface area contributed by atoms with E-state index >= 15 is 0 Å². The van der Waals surface area contributed by atoms with Gasteiger partial charge in [0.05, 0.1) is 14.2 Å². The van der Waals surface area contributed by atoms with Crippen LogP contribution in [0.25, 0.3) is 0 Å². The monoisotopic (exact) mass is 418 g/mol. The summed E-state index contributed by atoms with van der Waals surface area (Å²) < 4.78 is 11.0. The Hall–Kier alpha value is -3.40. The number of ether oxygens (including phenoxy) is 2. The maximum absolute atomic E-state index is 9.10. The van der Waals surface area contributed by atoms with Gasteiger partial charge in [-0.1, -0.05) is 6.07 Å². The van der Waals surface area contributed by atoms with Crippen molar-refractivity contribution in [2.75, 3.05) is 45.3 Å². The molecule has 0 saturated carbocycles. The minimum Gasteiger partial charge on any atom is -0.496 e. The molecule has 0 unspecified atom stereocenters. The van der Waals surface area contributed by atoms with Crippen molar-refractivity contribution < 1.29 is 29.3 Å². The molecule has 2 N–H and O–H groups in total. The molecule has 1 aliphatic heterocycles. The van der Waals surface area contributed by atoms with Crippen LogP contribution in [0, 0.1) is 6.92 Å². The molecule has 0 spiro atoms. The van der Waals surface area contributed by atoms with Gasteiger partial charge in [0.1, 0.15) is 11.5 Å². The fraction of sp³-hybridized carbons (Fsp3) is 0.400. The van der Waals surface area contributed by atoms with Crippen molar-refractivity contribution in [3.8, 4) is 11.5 Å². The number of anilines is 1. The van der Waals surface area contributed by atoms with E-state index in [-0.39, 0.29) is 0 Å². The number of rotatable bonds is 5. The topological polar surface area (TPSA) is 125 Å². The van der Waals surface area contributed by atoms with Gasteiger partial charge in [-0.05, 0) is 19.1 Å². The van der Waals surface area contributed by atoms with Gasteiger partial charge in [0.15, 0.2) is 0 Å². The first-order valence-electron chi connectivity index (χ1n) is 9.28. The highest BCUT2D eigenvalue weighted by atomic mass is 16.5. The second-order valence-corrected chi connectivity index (χ2v) is 6.51. The summed E-state index contributed by atoms with van der Waals surface area (Å²) in [6.45, 7) is 6.73. The molecule has 1 aromatic carbocycles. The van der Waals surface area contributed by atoms with E-state index in [2.05, 4.69) is 25.8 Å². The number of aromatic nitrogens is 2. The quantitative estimate of drug-likeness (QED) is 0.686. The molecule has 1 aliphatic rings. The van der Waals surface area contributed by atoms with Crippen molar-refractivity contribution in [1.82, 2.24) is 14.9 Å². The fourth-order valence-corrected chi connectivity index (χ4v) is 3.16. The summed E-state index contributed by atoms with van der Waals surface area (Å²) >= 11 is 0. The number of carboxylic acids is 2. The van der Waals surface area contributed by atoms with Gasteiger partial charge in [-0.25, -0.2) is 19.6 Å². The SMILES string of the molecule is COc1ccc(CN2CCN(c3ncccn3)CC2)c(OC)c1C.O=C(O)C(=O)O. The molecule has 162 valence electrons. The van der Waals surface area contributed by atoms with E-state index in [1.807, 2.05) is 19.1 Å². The first kappa shape index (κ1) is 22.9. The van der Waals surface area contributed by atoms with Gasteiger partial charge in [-0.3, -0.25) is 4.90 Å². The standard InChI is InChI=1S/C18H24N4O2.C2H2O4/c1-14-16(23-2)6-5-15(17(14)24-3)13-21-9-11-22(12-10-21)18-19-7-4-8-20-18;3-1(4)2(5)6/h4-8H,9-13H2,1-3H3;(H,3,4)(H,5,6). The third-order valence-corrected chi connectivity index (χ3v) is 4.65. The van der Waals surface area contributed by atoms with Crippen molar-refractivity contribution in [2.24, 2.45) is 0 Å². The lowest BCUT2D eigenvalue weighted by molar-refractivity contribution is -0.159. The first-order chi connectivity index (χ1) is 14.4. The normalized spacial score (nSPS) is 13.8. The molecule has 2 heterocycles. The molecule has 1 aromatic heterocycles. The Balaban J connectivity index is 0.000000469. The fourth-order valence-electron chi connectivity index (χ4n) is 3.16. The lowest BCUT2D eigenvalue weighted by Crippen LogP contribution is -2.46. The number of hydrogen-bond donors (Lipinski definition) is 2. The second-order valence-electron chi connectivity index (χ2n) is 6.51. The van der Waals surface area contributed by atoms with E-state index in [4.69, 9.17) is 29.3 Å². The average molecular weight is 418 g/mol. The maximum Gasteiger partial charge on any atom is 0.414 e. The van der Waals surface area contributed by atoms with E-state index in [1.54, 1.807) is 26.6 Å². The molecule has 0 aliphatic carbocycles. The molecule has 10 nitrogen and oxygen atoms in total. The zero-order valence-corrected chi connectivity index (χ0v) is 17.2. The van der Waals surface area contributed by atoms with E-state index < -0.39 is 11.9 Å². The van der Waals surface area contributed by atoms with Gasteiger partial charge in [0.25, 0.3) is 0 Å². The highest BCUT2D eigenvalue weighted by Gasteiger charge is 2.20. The van der Waals surface area contributed by atoms with Crippen LogP contribution in [0.4, 0.5) is 5.95 Å². The van der Waals surface area contributed by atoms with Crippen LogP contribution in [0.3, 0.4) is 0 Å². The van der Waals surface area contributed by atoms with Gasteiger partial charge < -0.3 is 24.6 Å². The predicted molar refractivity (Wildman–Crippen MR) is 109 cm³/mol. The molecule has 30 heavy (non-hydrogen) atoms. The van der Waals surface area contributed by atoms with Gasteiger partial charge in [-0.2, -0.15) is 0 Å². The number of aliphatic carboxylic acids is 2. The number of nitrogens with zero attached hydrogens (tertiary/aromatic N) is 4. The van der Waals surface area contributed by atoms with Crippen molar-refractivity contribution in [1.29, 1.82) is 0 Å². The molecule has 0 radical (unpaired) electrons. The summed E-state index contributed by atoms with van der Waals surface area (Å²) in [6, 6.07) is 5.95. The van der Waals surface area contributed by atoms with Gasteiger partial charge in [-0.15, -0.1) is 0 Å².